The first-order chi connectivity index (χ1) is 41.7. The van der Waals surface area contributed by atoms with Gasteiger partial charge in [-0.2, -0.15) is 0 Å². The predicted molar refractivity (Wildman–Crippen MR) is 361 cm³/mol. The first kappa shape index (κ1) is 50.3. The molecule has 0 radical (unpaired) electrons. The highest BCUT2D eigenvalue weighted by atomic mass is 16.7. The summed E-state index contributed by atoms with van der Waals surface area (Å²) in [5, 5.41) is 22.1. The Morgan fingerprint density at radius 3 is 1.27 bits per heavy atom. The summed E-state index contributed by atoms with van der Waals surface area (Å²) in [5.41, 5.74) is 10.4. The molecule has 14 aromatic carbocycles. The fourth-order valence-electron chi connectivity index (χ4n) is 15.4. The number of nitrogens with zero attached hydrogens (tertiary/aromatic N) is 2. The van der Waals surface area contributed by atoms with Gasteiger partial charge in [0.2, 0.25) is 0 Å². The molecule has 2 aliphatic heterocycles. The minimum absolute atomic E-state index is 0.472. The average molecular weight is 1110 g/mol. The van der Waals surface area contributed by atoms with E-state index in [1.807, 2.05) is 0 Å². The number of hydrogen-bond acceptors (Lipinski definition) is 4. The van der Waals surface area contributed by atoms with Gasteiger partial charge in [-0.15, -0.1) is 0 Å². The topological polar surface area (TPSA) is 46.8 Å². The summed E-state index contributed by atoms with van der Waals surface area (Å²) in [4.78, 5) is 0. The third-order valence-corrected chi connectivity index (χ3v) is 20.7. The molecule has 0 spiro atoms. The van der Waals surface area contributed by atoms with Gasteiger partial charge in [-0.1, -0.05) is 176 Å². The second kappa shape index (κ2) is 17.6. The van der Waals surface area contributed by atoms with E-state index in [1.165, 1.54) is 125 Å². The van der Waals surface area contributed by atoms with Crippen LogP contribution in [0.1, 0.15) is 54.0 Å². The summed E-state index contributed by atoms with van der Waals surface area (Å²) in [6, 6.07) is 83.1. The highest BCUT2D eigenvalue weighted by Gasteiger charge is 2.55. The van der Waals surface area contributed by atoms with Crippen molar-refractivity contribution in [3.8, 4) is 22.5 Å². The van der Waals surface area contributed by atoms with Crippen LogP contribution in [-0.2, 0) is 25.0 Å². The van der Waals surface area contributed by atoms with E-state index in [2.05, 4.69) is 282 Å². The van der Waals surface area contributed by atoms with Crippen LogP contribution in [0, 0.1) is 0 Å². The highest BCUT2D eigenvalue weighted by molar-refractivity contribution is 6.68. The molecular weight excluding hydrogens is 1050 g/mol. The first-order valence-corrected chi connectivity index (χ1v) is 30.4. The van der Waals surface area contributed by atoms with Crippen molar-refractivity contribution in [3.63, 3.8) is 0 Å². The molecule has 1 unspecified atom stereocenters. The van der Waals surface area contributed by atoms with E-state index in [0.717, 1.165) is 33.3 Å². The van der Waals surface area contributed by atoms with Gasteiger partial charge >= 0.3 is 14.2 Å². The molecule has 16 aromatic rings. The summed E-state index contributed by atoms with van der Waals surface area (Å²) < 4.78 is 33.3. The lowest BCUT2D eigenvalue weighted by Crippen LogP contribution is -2.46. The summed E-state index contributed by atoms with van der Waals surface area (Å²) in [5.74, 6) is 0. The van der Waals surface area contributed by atoms with Crippen molar-refractivity contribution >= 4 is 144 Å². The molecule has 412 valence electrons. The molecule has 18 rings (SSSR count). The SMILES string of the molecule is CC1(C)OB(c2ccc3c4c2c2ccccc2c2cccc(c24)n3-c2ccc3c4ccc(CC5(C)OB(c6ccc7c8c6c6ccccc6c6cccc(c68)n7-c6cccc(-c7ccccc7)c6)OC5(C)C)cc4c4ccccc4c3c2)OC1(C)C. The lowest BCUT2D eigenvalue weighted by molar-refractivity contribution is -0.00875. The third kappa shape index (κ3) is 6.84. The molecule has 0 amide bonds. The van der Waals surface area contributed by atoms with Gasteiger partial charge < -0.3 is 27.8 Å². The van der Waals surface area contributed by atoms with Crippen molar-refractivity contribution in [2.45, 2.75) is 77.3 Å². The van der Waals surface area contributed by atoms with Gasteiger partial charge in [0, 0.05) is 39.3 Å². The summed E-state index contributed by atoms with van der Waals surface area (Å²) in [6.07, 6.45) is 0.658. The molecule has 8 heteroatoms. The van der Waals surface area contributed by atoms with Crippen molar-refractivity contribution in [3.05, 3.63) is 230 Å². The number of aromatic nitrogens is 2. The number of rotatable bonds is 7. The molecule has 2 aliphatic rings. The van der Waals surface area contributed by atoms with Crippen LogP contribution in [0.5, 0.6) is 0 Å². The number of fused-ring (bicyclic) bond motifs is 12. The Balaban J connectivity index is 0.741. The molecule has 2 saturated heterocycles. The normalized spacial score (nSPS) is 17.8. The quantitative estimate of drug-likeness (QED) is 0.118. The van der Waals surface area contributed by atoms with E-state index in [0.29, 0.717) is 6.42 Å². The van der Waals surface area contributed by atoms with E-state index in [1.54, 1.807) is 0 Å². The van der Waals surface area contributed by atoms with E-state index < -0.39 is 36.6 Å². The standard InChI is InChI=1S/C78H60B2N2O4/c1-75(2)76(3,4)84-79(83-75)63-38-40-68-74-69(63)57-28-15-13-26-53(57)60-31-19-33-66(72(60)74)82(68)50-35-37-56-55-36-34-46(42-61(55)51-24-11-12-25-52(51)62(56)44-50)45-78(7)77(5,6)85-80(86-78)64-39-41-67-73-70(64)58-29-16-14-27-54(58)59-30-18-32-65(71(59)73)81(67)49-23-17-22-48(43-49)47-20-9-8-10-21-47/h8-44H,45H2,1-7H3. The van der Waals surface area contributed by atoms with Gasteiger partial charge in [-0.25, -0.2) is 0 Å². The Morgan fingerprint density at radius 1 is 0.291 bits per heavy atom. The molecule has 0 N–H and O–H groups in total. The van der Waals surface area contributed by atoms with Gasteiger partial charge in [0.15, 0.2) is 0 Å². The minimum atomic E-state index is -0.685. The monoisotopic (exact) mass is 1110 g/mol. The van der Waals surface area contributed by atoms with Crippen LogP contribution in [0.2, 0.25) is 0 Å². The minimum Gasteiger partial charge on any atom is -0.399 e. The maximum absolute atomic E-state index is 7.47. The van der Waals surface area contributed by atoms with Gasteiger partial charge in [0.05, 0.1) is 44.5 Å². The second-order valence-electron chi connectivity index (χ2n) is 26.2. The zero-order chi connectivity index (χ0) is 57.8. The number of hydrogen-bond donors (Lipinski definition) is 0. The Kier molecular flexibility index (Phi) is 10.3. The summed E-state index contributed by atoms with van der Waals surface area (Å²) >= 11 is 0. The smallest absolute Gasteiger partial charge is 0.399 e. The molecule has 2 fully saturated rings. The molecule has 0 aliphatic carbocycles. The summed E-state index contributed by atoms with van der Waals surface area (Å²) in [7, 11) is -1.11. The molecule has 1 atom stereocenters. The maximum Gasteiger partial charge on any atom is 0.495 e. The Morgan fingerprint density at radius 2 is 0.698 bits per heavy atom. The Hall–Kier alpha value is -9.01. The van der Waals surface area contributed by atoms with Crippen LogP contribution in [0.3, 0.4) is 0 Å². The van der Waals surface area contributed by atoms with Crippen LogP contribution in [0.15, 0.2) is 224 Å². The van der Waals surface area contributed by atoms with Crippen LogP contribution in [-0.4, -0.2) is 45.8 Å². The third-order valence-electron chi connectivity index (χ3n) is 20.7. The van der Waals surface area contributed by atoms with E-state index >= 15 is 0 Å². The molecular formula is C78H60B2N2O4. The fourth-order valence-corrected chi connectivity index (χ4v) is 15.4. The van der Waals surface area contributed by atoms with Gasteiger partial charge in [0.25, 0.3) is 0 Å². The zero-order valence-electron chi connectivity index (χ0n) is 49.3. The molecule has 4 heterocycles. The average Bonchev–Trinajstić information content (AvgIpc) is 1.60. The largest absolute Gasteiger partial charge is 0.495 e. The predicted octanol–water partition coefficient (Wildman–Crippen LogP) is 18.3. The van der Waals surface area contributed by atoms with Gasteiger partial charge in [0.1, 0.15) is 0 Å². The van der Waals surface area contributed by atoms with Crippen molar-refractivity contribution in [2.75, 3.05) is 0 Å². The van der Waals surface area contributed by atoms with Gasteiger partial charge in [-0.3, -0.25) is 0 Å². The summed E-state index contributed by atoms with van der Waals surface area (Å²) in [6.45, 7) is 15.2. The maximum atomic E-state index is 7.47. The first-order valence-electron chi connectivity index (χ1n) is 30.4. The van der Waals surface area contributed by atoms with Crippen LogP contribution in [0.4, 0.5) is 0 Å². The molecule has 2 aromatic heterocycles. The highest BCUT2D eigenvalue weighted by Crippen LogP contribution is 2.49. The lowest BCUT2D eigenvalue weighted by Gasteiger charge is -2.36. The zero-order valence-corrected chi connectivity index (χ0v) is 49.3. The van der Waals surface area contributed by atoms with Crippen LogP contribution < -0.4 is 10.9 Å². The molecule has 86 heavy (non-hydrogen) atoms. The van der Waals surface area contributed by atoms with Crippen molar-refractivity contribution in [1.82, 2.24) is 9.13 Å². The van der Waals surface area contributed by atoms with Gasteiger partial charge in [-0.05, 0) is 200 Å². The van der Waals surface area contributed by atoms with Crippen LogP contribution >= 0.6 is 0 Å². The van der Waals surface area contributed by atoms with E-state index in [4.69, 9.17) is 18.6 Å². The van der Waals surface area contributed by atoms with Crippen molar-refractivity contribution in [1.29, 1.82) is 0 Å². The fraction of sp³-hybridized carbons (Fsp3) is 0.154. The molecule has 0 bridgehead atoms. The lowest BCUT2D eigenvalue weighted by atomic mass is 9.74. The molecule has 0 saturated carbocycles. The van der Waals surface area contributed by atoms with E-state index in [9.17, 15) is 0 Å². The number of benzene rings is 14. The molecule has 6 nitrogen and oxygen atoms in total. The second-order valence-corrected chi connectivity index (χ2v) is 26.2. The van der Waals surface area contributed by atoms with Crippen LogP contribution in [0.25, 0.3) is 142 Å². The van der Waals surface area contributed by atoms with Crippen molar-refractivity contribution < 1.29 is 18.6 Å². The van der Waals surface area contributed by atoms with Crippen molar-refractivity contribution in [2.24, 2.45) is 0 Å². The Bertz CT molecular complexity index is 5510. The van der Waals surface area contributed by atoms with E-state index in [-0.39, 0.29) is 0 Å². The Labute approximate surface area is 499 Å².